The Hall–Kier alpha value is -1.31. The van der Waals surface area contributed by atoms with Gasteiger partial charge in [0.15, 0.2) is 0 Å². The summed E-state index contributed by atoms with van der Waals surface area (Å²) >= 11 is 5.83. The van der Waals surface area contributed by atoms with Crippen LogP contribution in [0.5, 0.6) is 0 Å². The van der Waals surface area contributed by atoms with E-state index in [1.54, 1.807) is 0 Å². The number of ether oxygens (including phenoxy) is 1. The van der Waals surface area contributed by atoms with Gasteiger partial charge >= 0.3 is 6.18 Å². The van der Waals surface area contributed by atoms with Gasteiger partial charge in [-0.3, -0.25) is 4.79 Å². The van der Waals surface area contributed by atoms with Gasteiger partial charge in [0.25, 0.3) is 5.91 Å². The second kappa shape index (κ2) is 6.44. The van der Waals surface area contributed by atoms with Crippen LogP contribution in [-0.2, 0) is 10.9 Å². The van der Waals surface area contributed by atoms with Crippen molar-refractivity contribution in [2.24, 2.45) is 0 Å². The van der Waals surface area contributed by atoms with Gasteiger partial charge in [-0.1, -0.05) is 11.6 Å². The summed E-state index contributed by atoms with van der Waals surface area (Å²) < 4.78 is 43.0. The first-order chi connectivity index (χ1) is 10.3. The predicted molar refractivity (Wildman–Crippen MR) is 73.8 cm³/mol. The summed E-state index contributed by atoms with van der Waals surface area (Å²) in [5, 5.41) is 9.07. The molecule has 1 fully saturated rings. The number of aliphatic hydroxyl groups excluding tert-OH is 1. The zero-order valence-corrected chi connectivity index (χ0v) is 12.5. The van der Waals surface area contributed by atoms with Crippen molar-refractivity contribution in [3.63, 3.8) is 0 Å². The first kappa shape index (κ1) is 17.1. The number of likely N-dealkylation sites (tertiary alicyclic amines) is 1. The van der Waals surface area contributed by atoms with Crippen molar-refractivity contribution in [1.82, 2.24) is 4.90 Å². The monoisotopic (exact) mass is 337 g/mol. The summed E-state index contributed by atoms with van der Waals surface area (Å²) in [5.74, 6) is -0.516. The molecule has 0 aliphatic carbocycles. The van der Waals surface area contributed by atoms with Crippen molar-refractivity contribution < 1.29 is 27.8 Å². The Kier molecular flexibility index (Phi) is 4.99. The van der Waals surface area contributed by atoms with Crippen molar-refractivity contribution in [3.8, 4) is 0 Å². The van der Waals surface area contributed by atoms with Crippen LogP contribution in [0.25, 0.3) is 0 Å². The Bertz CT molecular complexity index is 565. The maximum atomic E-state index is 12.6. The molecule has 0 unspecified atom stereocenters. The number of hydrogen-bond donors (Lipinski definition) is 1. The first-order valence-corrected chi connectivity index (χ1v) is 6.97. The quantitative estimate of drug-likeness (QED) is 0.922. The molecule has 1 aliphatic heterocycles. The summed E-state index contributed by atoms with van der Waals surface area (Å²) in [4.78, 5) is 13.8. The summed E-state index contributed by atoms with van der Waals surface area (Å²) in [6, 6.07) is 2.17. The van der Waals surface area contributed by atoms with Crippen LogP contribution in [-0.4, -0.2) is 48.3 Å². The van der Waals surface area contributed by atoms with Crippen molar-refractivity contribution in [2.75, 3.05) is 20.3 Å². The van der Waals surface area contributed by atoms with Gasteiger partial charge in [0.1, 0.15) is 0 Å². The highest BCUT2D eigenvalue weighted by Gasteiger charge is 2.37. The minimum atomic E-state index is -4.52. The van der Waals surface area contributed by atoms with E-state index in [-0.39, 0.29) is 29.8 Å². The third-order valence-electron chi connectivity index (χ3n) is 3.71. The standard InChI is InChI=1S/C14H15ClF3NO3/c1-22-10-5-9(7-20)19(6-10)13(21)11-3-2-8(4-12(11)15)14(16,17)18/h2-4,9-10,20H,5-7H2,1H3/t9-,10-/m0/s1. The number of carbonyl (C=O) groups excluding carboxylic acids is 1. The summed E-state index contributed by atoms with van der Waals surface area (Å²) in [6.07, 6.45) is -4.26. The highest BCUT2D eigenvalue weighted by atomic mass is 35.5. The molecule has 2 atom stereocenters. The SMILES string of the molecule is CO[C@H]1C[C@@H](CO)N(C(=O)c2ccc(C(F)(F)F)cc2Cl)C1. The molecule has 1 aromatic rings. The van der Waals surface area contributed by atoms with E-state index in [0.29, 0.717) is 6.42 Å². The average Bonchev–Trinajstić information content (AvgIpc) is 2.88. The number of nitrogens with zero attached hydrogens (tertiary/aromatic N) is 1. The van der Waals surface area contributed by atoms with Gasteiger partial charge in [-0.15, -0.1) is 0 Å². The molecule has 0 spiro atoms. The van der Waals surface area contributed by atoms with Gasteiger partial charge in [0.05, 0.1) is 34.9 Å². The van der Waals surface area contributed by atoms with Crippen LogP contribution in [0.2, 0.25) is 5.02 Å². The summed E-state index contributed by atoms with van der Waals surface area (Å²) in [5.41, 5.74) is -0.936. The minimum Gasteiger partial charge on any atom is -0.394 e. The molecular formula is C14H15ClF3NO3. The Morgan fingerprint density at radius 1 is 1.50 bits per heavy atom. The molecule has 4 nitrogen and oxygen atoms in total. The lowest BCUT2D eigenvalue weighted by atomic mass is 10.1. The van der Waals surface area contributed by atoms with Gasteiger partial charge in [0.2, 0.25) is 0 Å². The Balaban J connectivity index is 2.26. The largest absolute Gasteiger partial charge is 0.416 e. The summed E-state index contributed by atoms with van der Waals surface area (Å²) in [7, 11) is 1.50. The molecule has 0 saturated carbocycles. The number of amides is 1. The van der Waals surface area contributed by atoms with E-state index in [2.05, 4.69) is 0 Å². The van der Waals surface area contributed by atoms with Crippen molar-refractivity contribution in [1.29, 1.82) is 0 Å². The number of halogens is 4. The second-order valence-corrected chi connectivity index (χ2v) is 5.49. The molecule has 0 radical (unpaired) electrons. The van der Waals surface area contributed by atoms with E-state index < -0.39 is 23.7 Å². The maximum absolute atomic E-state index is 12.6. The van der Waals surface area contributed by atoms with Crippen LogP contribution in [0.15, 0.2) is 18.2 Å². The molecule has 22 heavy (non-hydrogen) atoms. The van der Waals surface area contributed by atoms with E-state index in [4.69, 9.17) is 16.3 Å². The lowest BCUT2D eigenvalue weighted by molar-refractivity contribution is -0.137. The number of benzene rings is 1. The molecule has 0 aromatic heterocycles. The van der Waals surface area contributed by atoms with Crippen LogP contribution in [0.4, 0.5) is 13.2 Å². The van der Waals surface area contributed by atoms with Crippen molar-refractivity contribution >= 4 is 17.5 Å². The molecule has 1 aliphatic rings. The molecule has 1 saturated heterocycles. The number of methoxy groups -OCH3 is 1. The molecular weight excluding hydrogens is 323 g/mol. The fraction of sp³-hybridized carbons (Fsp3) is 0.500. The maximum Gasteiger partial charge on any atom is 0.416 e. The van der Waals surface area contributed by atoms with Crippen LogP contribution in [0, 0.1) is 0 Å². The van der Waals surface area contributed by atoms with Crippen LogP contribution in [0.1, 0.15) is 22.3 Å². The fourth-order valence-corrected chi connectivity index (χ4v) is 2.75. The number of carbonyl (C=O) groups is 1. The molecule has 1 aromatic carbocycles. The Labute approximate surface area is 130 Å². The molecule has 0 bridgehead atoms. The lowest BCUT2D eigenvalue weighted by Crippen LogP contribution is -2.38. The van der Waals surface area contributed by atoms with Crippen molar-refractivity contribution in [2.45, 2.75) is 24.7 Å². The highest BCUT2D eigenvalue weighted by Crippen LogP contribution is 2.33. The molecule has 1 amide bonds. The molecule has 1 heterocycles. The molecule has 8 heteroatoms. The molecule has 122 valence electrons. The van der Waals surface area contributed by atoms with Crippen molar-refractivity contribution in [3.05, 3.63) is 34.3 Å². The third kappa shape index (κ3) is 3.37. The summed E-state index contributed by atoms with van der Waals surface area (Å²) in [6.45, 7) is 0.0156. The Morgan fingerprint density at radius 3 is 2.68 bits per heavy atom. The number of alkyl halides is 3. The van der Waals surface area contributed by atoms with E-state index in [1.807, 2.05) is 0 Å². The second-order valence-electron chi connectivity index (χ2n) is 5.08. The lowest BCUT2D eigenvalue weighted by Gasteiger charge is -2.23. The van der Waals surface area contributed by atoms with Gasteiger partial charge in [-0.05, 0) is 24.6 Å². The number of rotatable bonds is 3. The van der Waals surface area contributed by atoms with Gasteiger partial charge in [-0.2, -0.15) is 13.2 Å². The van der Waals surface area contributed by atoms with Crippen LogP contribution >= 0.6 is 11.6 Å². The highest BCUT2D eigenvalue weighted by molar-refractivity contribution is 6.33. The zero-order chi connectivity index (χ0) is 16.5. The van der Waals surface area contributed by atoms with Crippen LogP contribution < -0.4 is 0 Å². The topological polar surface area (TPSA) is 49.8 Å². The minimum absolute atomic E-state index is 0.0233. The average molecular weight is 338 g/mol. The zero-order valence-electron chi connectivity index (χ0n) is 11.7. The van der Waals surface area contributed by atoms with E-state index in [1.165, 1.54) is 12.0 Å². The van der Waals surface area contributed by atoms with E-state index in [9.17, 15) is 23.1 Å². The van der Waals surface area contributed by atoms with E-state index >= 15 is 0 Å². The molecule has 1 N–H and O–H groups in total. The first-order valence-electron chi connectivity index (χ1n) is 6.59. The van der Waals surface area contributed by atoms with Crippen LogP contribution in [0.3, 0.4) is 0 Å². The molecule has 2 rings (SSSR count). The Morgan fingerprint density at radius 2 is 2.18 bits per heavy atom. The smallest absolute Gasteiger partial charge is 0.394 e. The number of hydrogen-bond acceptors (Lipinski definition) is 3. The van der Waals surface area contributed by atoms with E-state index in [0.717, 1.165) is 18.2 Å². The predicted octanol–water partition coefficient (Wildman–Crippen LogP) is 2.58. The normalized spacial score (nSPS) is 22.2. The van der Waals surface area contributed by atoms with Gasteiger partial charge in [-0.25, -0.2) is 0 Å². The van der Waals surface area contributed by atoms with Gasteiger partial charge < -0.3 is 14.7 Å². The third-order valence-corrected chi connectivity index (χ3v) is 4.02. The number of aliphatic hydroxyl groups is 1. The fourth-order valence-electron chi connectivity index (χ4n) is 2.49. The van der Waals surface area contributed by atoms with Gasteiger partial charge in [0, 0.05) is 13.7 Å².